The second-order valence-electron chi connectivity index (χ2n) is 5.79. The first-order chi connectivity index (χ1) is 12.7. The maximum Gasteiger partial charge on any atom is 0.143 e. The van der Waals surface area contributed by atoms with Crippen molar-refractivity contribution in [2.45, 2.75) is 6.10 Å². The zero-order valence-corrected chi connectivity index (χ0v) is 14.3. The number of aliphatic hydroxyl groups excluding tert-OH is 2. The van der Waals surface area contributed by atoms with Crippen molar-refractivity contribution in [1.29, 1.82) is 5.26 Å². The summed E-state index contributed by atoms with van der Waals surface area (Å²) in [6.45, 7) is -0.230. The number of fused-ring (bicyclic) bond motifs is 1. The van der Waals surface area contributed by atoms with Gasteiger partial charge in [0, 0.05) is 17.5 Å². The number of pyridine rings is 1. The lowest BCUT2D eigenvalue weighted by molar-refractivity contribution is 0.105. The van der Waals surface area contributed by atoms with Crippen molar-refractivity contribution in [3.8, 4) is 22.9 Å². The van der Waals surface area contributed by atoms with Gasteiger partial charge >= 0.3 is 0 Å². The number of aliphatic hydroxyl groups is 2. The molecule has 3 N–H and O–H groups in total. The summed E-state index contributed by atoms with van der Waals surface area (Å²) in [5.41, 5.74) is 2.09. The molecule has 1 aromatic heterocycles. The molecular weight excluding hydrogens is 330 g/mol. The van der Waals surface area contributed by atoms with E-state index in [0.29, 0.717) is 11.6 Å². The number of nitrogens with one attached hydrogen (secondary N) is 1. The van der Waals surface area contributed by atoms with Gasteiger partial charge in [0.25, 0.3) is 0 Å². The highest BCUT2D eigenvalue weighted by molar-refractivity contribution is 6.04. The highest BCUT2D eigenvalue weighted by Gasteiger charge is 2.15. The Hall–Kier alpha value is -3.14. The van der Waals surface area contributed by atoms with Crippen molar-refractivity contribution >= 4 is 16.6 Å². The number of ether oxygens (including phenoxy) is 1. The van der Waals surface area contributed by atoms with Gasteiger partial charge in [-0.15, -0.1) is 0 Å². The van der Waals surface area contributed by atoms with Crippen LogP contribution in [0.5, 0.6) is 5.75 Å². The molecule has 132 valence electrons. The first kappa shape index (κ1) is 17.7. The molecule has 6 heteroatoms. The second-order valence-corrected chi connectivity index (χ2v) is 5.79. The lowest BCUT2D eigenvalue weighted by atomic mass is 9.97. The second kappa shape index (κ2) is 7.83. The third-order valence-electron chi connectivity index (χ3n) is 4.09. The fourth-order valence-electron chi connectivity index (χ4n) is 2.85. The van der Waals surface area contributed by atoms with E-state index in [4.69, 9.17) is 9.84 Å². The lowest BCUT2D eigenvalue weighted by Crippen LogP contribution is -2.23. The Morgan fingerprint density at radius 1 is 1.19 bits per heavy atom. The Morgan fingerprint density at radius 2 is 1.96 bits per heavy atom. The van der Waals surface area contributed by atoms with Gasteiger partial charge in [0.15, 0.2) is 0 Å². The van der Waals surface area contributed by atoms with E-state index in [1.807, 2.05) is 42.5 Å². The molecule has 0 amide bonds. The van der Waals surface area contributed by atoms with Crippen molar-refractivity contribution in [2.75, 3.05) is 25.6 Å². The molecule has 3 aromatic rings. The fourth-order valence-corrected chi connectivity index (χ4v) is 2.85. The van der Waals surface area contributed by atoms with Crippen LogP contribution in [0.2, 0.25) is 0 Å². The van der Waals surface area contributed by atoms with Crippen LogP contribution in [0.4, 0.5) is 5.82 Å². The predicted molar refractivity (Wildman–Crippen MR) is 100 cm³/mol. The van der Waals surface area contributed by atoms with Gasteiger partial charge in [0.05, 0.1) is 19.8 Å². The largest absolute Gasteiger partial charge is 0.496 e. The average molecular weight is 349 g/mol. The van der Waals surface area contributed by atoms with Crippen molar-refractivity contribution < 1.29 is 14.9 Å². The maximum atomic E-state index is 9.61. The van der Waals surface area contributed by atoms with Crippen molar-refractivity contribution in [1.82, 2.24) is 4.98 Å². The Kier molecular flexibility index (Phi) is 5.32. The van der Waals surface area contributed by atoms with Crippen LogP contribution >= 0.6 is 0 Å². The molecule has 0 aliphatic heterocycles. The van der Waals surface area contributed by atoms with Gasteiger partial charge in [-0.3, -0.25) is 0 Å². The van der Waals surface area contributed by atoms with Crippen molar-refractivity contribution in [3.05, 3.63) is 54.2 Å². The van der Waals surface area contributed by atoms with Crippen LogP contribution in [0.3, 0.4) is 0 Å². The summed E-state index contributed by atoms with van der Waals surface area (Å²) < 4.78 is 5.54. The number of aromatic nitrogens is 1. The Bertz CT molecular complexity index is 952. The van der Waals surface area contributed by atoms with E-state index in [2.05, 4.69) is 16.4 Å². The zero-order valence-electron chi connectivity index (χ0n) is 14.3. The van der Waals surface area contributed by atoms with Crippen molar-refractivity contribution in [2.24, 2.45) is 0 Å². The molecular formula is C20H19N3O3. The highest BCUT2D eigenvalue weighted by atomic mass is 16.5. The van der Waals surface area contributed by atoms with E-state index >= 15 is 0 Å². The zero-order chi connectivity index (χ0) is 18.5. The van der Waals surface area contributed by atoms with Gasteiger partial charge in [-0.2, -0.15) is 5.26 Å². The number of hydrogen-bond acceptors (Lipinski definition) is 6. The van der Waals surface area contributed by atoms with Crippen LogP contribution in [0.25, 0.3) is 21.9 Å². The SMILES string of the molecule is COc1ccc2c(NCC(O)CO)nc(C#N)cc2c1-c1ccccc1. The van der Waals surface area contributed by atoms with Gasteiger partial charge in [-0.05, 0) is 29.1 Å². The summed E-state index contributed by atoms with van der Waals surface area (Å²) in [6, 6.07) is 17.3. The van der Waals surface area contributed by atoms with Crippen molar-refractivity contribution in [3.63, 3.8) is 0 Å². The molecule has 0 spiro atoms. The van der Waals surface area contributed by atoms with E-state index < -0.39 is 6.10 Å². The number of rotatable bonds is 6. The molecule has 6 nitrogen and oxygen atoms in total. The molecule has 26 heavy (non-hydrogen) atoms. The van der Waals surface area contributed by atoms with E-state index in [-0.39, 0.29) is 18.8 Å². The highest BCUT2D eigenvalue weighted by Crippen LogP contribution is 2.39. The standard InChI is InChI=1S/C20H19N3O3/c1-26-18-8-7-16-17(19(18)13-5-3-2-4-6-13)9-14(10-21)23-20(16)22-11-15(25)12-24/h2-9,15,24-25H,11-12H2,1H3,(H,22,23). The van der Waals surface area contributed by atoms with Crippen LogP contribution in [0.15, 0.2) is 48.5 Å². The third-order valence-corrected chi connectivity index (χ3v) is 4.09. The number of methoxy groups -OCH3 is 1. The van der Waals surface area contributed by atoms with E-state index in [1.54, 1.807) is 13.2 Å². The monoisotopic (exact) mass is 349 g/mol. The van der Waals surface area contributed by atoms with E-state index in [1.165, 1.54) is 0 Å². The van der Waals surface area contributed by atoms with Crippen LogP contribution in [0, 0.1) is 11.3 Å². The molecule has 1 atom stereocenters. The Balaban J connectivity index is 2.24. The van der Waals surface area contributed by atoms with Gasteiger partial charge in [-0.1, -0.05) is 30.3 Å². The van der Waals surface area contributed by atoms with Crippen LogP contribution < -0.4 is 10.1 Å². The first-order valence-corrected chi connectivity index (χ1v) is 8.18. The van der Waals surface area contributed by atoms with E-state index in [9.17, 15) is 10.4 Å². The summed E-state index contributed by atoms with van der Waals surface area (Å²) in [5, 5.41) is 32.6. The topological polar surface area (TPSA) is 98.4 Å². The number of hydrogen-bond donors (Lipinski definition) is 3. The molecule has 0 saturated heterocycles. The molecule has 1 unspecified atom stereocenters. The lowest BCUT2D eigenvalue weighted by Gasteiger charge is -2.16. The molecule has 0 bridgehead atoms. The minimum atomic E-state index is -0.913. The summed E-state index contributed by atoms with van der Waals surface area (Å²) >= 11 is 0. The maximum absolute atomic E-state index is 9.61. The molecule has 0 aliphatic carbocycles. The number of benzene rings is 2. The van der Waals surface area contributed by atoms with Crippen LogP contribution in [-0.2, 0) is 0 Å². The summed E-state index contributed by atoms with van der Waals surface area (Å²) in [4.78, 5) is 4.31. The Morgan fingerprint density at radius 3 is 2.62 bits per heavy atom. The summed E-state index contributed by atoms with van der Waals surface area (Å²) in [5.74, 6) is 1.17. The first-order valence-electron chi connectivity index (χ1n) is 8.18. The summed E-state index contributed by atoms with van der Waals surface area (Å²) in [7, 11) is 1.61. The number of nitrogens with zero attached hydrogens (tertiary/aromatic N) is 2. The molecule has 2 aromatic carbocycles. The Labute approximate surface area is 151 Å². The average Bonchev–Trinajstić information content (AvgIpc) is 2.70. The van der Waals surface area contributed by atoms with E-state index in [0.717, 1.165) is 21.9 Å². The van der Waals surface area contributed by atoms with Gasteiger partial charge in [-0.25, -0.2) is 4.98 Å². The summed E-state index contributed by atoms with van der Waals surface area (Å²) in [6.07, 6.45) is -0.913. The number of nitriles is 1. The smallest absolute Gasteiger partial charge is 0.143 e. The van der Waals surface area contributed by atoms with Crippen LogP contribution in [0.1, 0.15) is 5.69 Å². The van der Waals surface area contributed by atoms with Gasteiger partial charge in [0.1, 0.15) is 23.3 Å². The minimum Gasteiger partial charge on any atom is -0.496 e. The molecule has 0 aliphatic rings. The van der Waals surface area contributed by atoms with Crippen LogP contribution in [-0.4, -0.2) is 41.6 Å². The van der Waals surface area contributed by atoms with Gasteiger partial charge < -0.3 is 20.3 Å². The third kappa shape index (κ3) is 3.45. The fraction of sp³-hybridized carbons (Fsp3) is 0.200. The molecule has 1 heterocycles. The molecule has 0 saturated carbocycles. The van der Waals surface area contributed by atoms with Gasteiger partial charge in [0.2, 0.25) is 0 Å². The molecule has 3 rings (SSSR count). The molecule has 0 radical (unpaired) electrons. The normalized spacial score (nSPS) is 11.8. The quantitative estimate of drug-likeness (QED) is 0.633. The predicted octanol–water partition coefficient (Wildman–Crippen LogP) is 2.55. The minimum absolute atomic E-state index is 0.125. The molecule has 0 fully saturated rings. The number of anilines is 1.